The molecular formula is C23H22N5O3S+. The van der Waals surface area contributed by atoms with Gasteiger partial charge < -0.3 is 0 Å². The molecule has 1 aliphatic heterocycles. The van der Waals surface area contributed by atoms with Gasteiger partial charge in [-0.3, -0.25) is 24.3 Å². The summed E-state index contributed by atoms with van der Waals surface area (Å²) in [6, 6.07) is 17.1. The number of carbonyl (C=O) groups excluding carboxylic acids is 2. The molecular weight excluding hydrogens is 426 g/mol. The fraction of sp³-hybridized carbons (Fsp3) is 0.174. The first kappa shape index (κ1) is 21.5. The van der Waals surface area contributed by atoms with Gasteiger partial charge in [0.1, 0.15) is 5.70 Å². The first-order valence-corrected chi connectivity index (χ1v) is 11.1. The van der Waals surface area contributed by atoms with Gasteiger partial charge in [-0.2, -0.15) is 0 Å². The van der Waals surface area contributed by atoms with Gasteiger partial charge in [-0.25, -0.2) is 4.99 Å². The summed E-state index contributed by atoms with van der Waals surface area (Å²) in [4.78, 5) is 31.7. The molecule has 0 aliphatic carbocycles. The maximum atomic E-state index is 13.2. The number of amidine groups is 1. The summed E-state index contributed by atoms with van der Waals surface area (Å²) in [5, 5.41) is 6.88. The molecule has 0 radical (unpaired) electrons. The Labute approximate surface area is 189 Å². The zero-order chi connectivity index (χ0) is 22.5. The van der Waals surface area contributed by atoms with Crippen molar-refractivity contribution in [1.29, 1.82) is 0 Å². The smallest absolute Gasteiger partial charge is 0.288 e. The number of rotatable bonds is 6. The fourth-order valence-corrected chi connectivity index (χ4v) is 3.91. The van der Waals surface area contributed by atoms with Crippen LogP contribution < -0.4 is 14.9 Å². The van der Waals surface area contributed by atoms with Crippen LogP contribution in [0, 0.1) is 6.92 Å². The zero-order valence-electron chi connectivity index (χ0n) is 17.7. The standard InChI is InChI=1S/C23H21N5O3S/c1-3-27-14-21(31-26-27)25-20(29)15-32-23-24-19(13-17-9-7-8-16(2)12-17)22(30)28(23)18-10-5-4-6-11-18/h4-14H,3,15H2,1-2H3/p+1/b19-13+. The van der Waals surface area contributed by atoms with Gasteiger partial charge in [-0.05, 0) is 37.6 Å². The summed E-state index contributed by atoms with van der Waals surface area (Å²) in [5.74, 6) is -0.199. The van der Waals surface area contributed by atoms with E-state index in [1.54, 1.807) is 17.0 Å². The van der Waals surface area contributed by atoms with Gasteiger partial charge in [0, 0.05) is 0 Å². The van der Waals surface area contributed by atoms with E-state index in [9.17, 15) is 9.59 Å². The van der Waals surface area contributed by atoms with Crippen molar-refractivity contribution in [2.75, 3.05) is 16.0 Å². The lowest BCUT2D eigenvalue weighted by molar-refractivity contribution is -0.759. The summed E-state index contributed by atoms with van der Waals surface area (Å²) < 4.78 is 6.64. The minimum Gasteiger partial charge on any atom is -0.288 e. The molecule has 1 aliphatic rings. The Balaban J connectivity index is 1.54. The van der Waals surface area contributed by atoms with Gasteiger partial charge in [0.05, 0.1) is 11.4 Å². The first-order chi connectivity index (χ1) is 15.5. The summed E-state index contributed by atoms with van der Waals surface area (Å²) in [6.45, 7) is 4.54. The Hall–Kier alpha value is -3.72. The van der Waals surface area contributed by atoms with Crippen molar-refractivity contribution in [3.8, 4) is 0 Å². The number of hydrogen-bond acceptors (Lipinski definition) is 6. The van der Waals surface area contributed by atoms with Crippen LogP contribution in [0.2, 0.25) is 0 Å². The second-order valence-corrected chi connectivity index (χ2v) is 8.02. The molecule has 0 unspecified atom stereocenters. The van der Waals surface area contributed by atoms with E-state index in [0.717, 1.165) is 11.1 Å². The molecule has 1 aromatic heterocycles. The normalized spacial score (nSPS) is 14.7. The van der Waals surface area contributed by atoms with Crippen LogP contribution in [0.25, 0.3) is 6.08 Å². The number of anilines is 2. The number of carbonyl (C=O) groups is 2. The van der Waals surface area contributed by atoms with Gasteiger partial charge in [0.25, 0.3) is 12.1 Å². The van der Waals surface area contributed by atoms with Gasteiger partial charge in [-0.15, -0.1) is 0 Å². The molecule has 3 aromatic rings. The second kappa shape index (κ2) is 9.61. The van der Waals surface area contributed by atoms with Gasteiger partial charge in [-0.1, -0.05) is 64.5 Å². The molecule has 0 atom stereocenters. The lowest BCUT2D eigenvalue weighted by Crippen LogP contribution is -2.33. The molecule has 0 fully saturated rings. The molecule has 32 heavy (non-hydrogen) atoms. The van der Waals surface area contributed by atoms with E-state index in [2.05, 4.69) is 15.6 Å². The van der Waals surface area contributed by atoms with Crippen molar-refractivity contribution in [3.05, 3.63) is 77.6 Å². The van der Waals surface area contributed by atoms with E-state index in [-0.39, 0.29) is 23.5 Å². The molecule has 2 heterocycles. The highest BCUT2D eigenvalue weighted by molar-refractivity contribution is 8.14. The van der Waals surface area contributed by atoms with Crippen LogP contribution in [0.3, 0.4) is 0 Å². The minimum atomic E-state index is -0.284. The molecule has 4 rings (SSSR count). The van der Waals surface area contributed by atoms with Crippen LogP contribution in [0.15, 0.2) is 76.0 Å². The molecule has 8 nitrogen and oxygen atoms in total. The van der Waals surface area contributed by atoms with Crippen molar-refractivity contribution in [3.63, 3.8) is 0 Å². The van der Waals surface area contributed by atoms with Crippen LogP contribution in [0.4, 0.5) is 11.6 Å². The number of aliphatic imine (C=N–C) groups is 1. The monoisotopic (exact) mass is 448 g/mol. The third kappa shape index (κ3) is 4.94. The zero-order valence-corrected chi connectivity index (χ0v) is 18.5. The highest BCUT2D eigenvalue weighted by atomic mass is 32.2. The Morgan fingerprint density at radius 3 is 2.75 bits per heavy atom. The number of thioether (sulfide) groups is 1. The third-order valence-corrected chi connectivity index (χ3v) is 5.56. The Bertz CT molecular complexity index is 1200. The molecule has 2 aromatic carbocycles. The largest absolute Gasteiger partial charge is 0.302 e. The van der Waals surface area contributed by atoms with Gasteiger partial charge >= 0.3 is 5.88 Å². The summed E-state index contributed by atoms with van der Waals surface area (Å²) in [5.41, 5.74) is 3.00. The first-order valence-electron chi connectivity index (χ1n) is 10.1. The predicted molar refractivity (Wildman–Crippen MR) is 124 cm³/mol. The lowest BCUT2D eigenvalue weighted by atomic mass is 10.1. The number of aryl methyl sites for hydroxylation is 2. The van der Waals surface area contributed by atoms with E-state index in [1.165, 1.54) is 16.7 Å². The molecule has 0 spiro atoms. The molecule has 162 valence electrons. The van der Waals surface area contributed by atoms with Crippen molar-refractivity contribution >= 4 is 46.4 Å². The molecule has 9 heteroatoms. The SMILES string of the molecule is CC[n+]1cc(NC(=O)CSC2=N/C(=C/c3cccc(C)c3)C(=O)N2c2ccccc2)on1. The van der Waals surface area contributed by atoms with Crippen molar-refractivity contribution in [1.82, 2.24) is 5.27 Å². The molecule has 1 N–H and O–H groups in total. The highest BCUT2D eigenvalue weighted by Gasteiger charge is 2.32. The van der Waals surface area contributed by atoms with E-state index in [1.807, 2.05) is 68.4 Å². The second-order valence-electron chi connectivity index (χ2n) is 7.07. The summed E-state index contributed by atoms with van der Waals surface area (Å²) in [6.07, 6.45) is 3.37. The Morgan fingerprint density at radius 2 is 2.03 bits per heavy atom. The number of para-hydroxylation sites is 1. The van der Waals surface area contributed by atoms with Gasteiger partial charge in [0.2, 0.25) is 11.2 Å². The highest BCUT2D eigenvalue weighted by Crippen LogP contribution is 2.29. The average Bonchev–Trinajstić information content (AvgIpc) is 3.37. The topological polar surface area (TPSA) is 91.7 Å². The van der Waals surface area contributed by atoms with Gasteiger partial charge in [0.15, 0.2) is 11.7 Å². The van der Waals surface area contributed by atoms with E-state index < -0.39 is 0 Å². The maximum absolute atomic E-state index is 13.2. The van der Waals surface area contributed by atoms with Crippen molar-refractivity contribution < 1.29 is 18.8 Å². The number of benzene rings is 2. The van der Waals surface area contributed by atoms with Crippen LogP contribution in [-0.2, 0) is 16.1 Å². The Kier molecular flexibility index (Phi) is 6.46. The Morgan fingerprint density at radius 1 is 1.22 bits per heavy atom. The minimum absolute atomic E-state index is 0.0556. The average molecular weight is 449 g/mol. The number of amides is 2. The van der Waals surface area contributed by atoms with Crippen molar-refractivity contribution in [2.24, 2.45) is 4.99 Å². The molecule has 0 bridgehead atoms. The summed E-state index contributed by atoms with van der Waals surface area (Å²) >= 11 is 1.18. The van der Waals surface area contributed by atoms with Crippen molar-refractivity contribution in [2.45, 2.75) is 20.4 Å². The molecule has 2 amide bonds. The lowest BCUT2D eigenvalue weighted by Gasteiger charge is -2.17. The van der Waals surface area contributed by atoms with E-state index in [0.29, 0.717) is 23.1 Å². The molecule has 0 saturated heterocycles. The predicted octanol–water partition coefficient (Wildman–Crippen LogP) is 3.41. The van der Waals surface area contributed by atoms with Crippen LogP contribution in [0.1, 0.15) is 18.1 Å². The third-order valence-electron chi connectivity index (χ3n) is 4.62. The van der Waals surface area contributed by atoms with Crippen LogP contribution in [-0.4, -0.2) is 28.0 Å². The number of nitrogens with one attached hydrogen (secondary N) is 1. The number of nitrogens with zero attached hydrogens (tertiary/aromatic N) is 4. The van der Waals surface area contributed by atoms with E-state index >= 15 is 0 Å². The number of aromatic nitrogens is 2. The van der Waals surface area contributed by atoms with Crippen LogP contribution >= 0.6 is 11.8 Å². The summed E-state index contributed by atoms with van der Waals surface area (Å²) in [7, 11) is 0. The van der Waals surface area contributed by atoms with Crippen LogP contribution in [0.5, 0.6) is 0 Å². The fourth-order valence-electron chi connectivity index (χ4n) is 3.10. The number of hydrogen-bond donors (Lipinski definition) is 1. The maximum Gasteiger partial charge on any atom is 0.302 e. The molecule has 0 saturated carbocycles. The quantitative estimate of drug-likeness (QED) is 0.461. The van der Waals surface area contributed by atoms with E-state index in [4.69, 9.17) is 4.52 Å².